The Bertz CT molecular complexity index is 1280. The van der Waals surface area contributed by atoms with Crippen LogP contribution in [0.15, 0.2) is 0 Å². The second-order valence-corrected chi connectivity index (χ2v) is 21.0. The van der Waals surface area contributed by atoms with E-state index in [-0.39, 0.29) is 23.9 Å². The third kappa shape index (κ3) is 10.6. The standard InChI is InChI=1S/C42H68N2O8S/c45-39(35-19-17-29(23-37(35)41(47)48)21-27-9-3-1-4-10-27)43-31-13-7-15-33(25-31)53(51,52)34-16-8-14-32(26-34)44-40(46)36-20-18-30(24-38(36)42(49)50)22-28-11-5-2-6-12-28/h27-38H,1-26H2,(H,43,45)(H,44,46)(H,47,48)(H,49,50). The van der Waals surface area contributed by atoms with Crippen LogP contribution >= 0.6 is 0 Å². The van der Waals surface area contributed by atoms with Gasteiger partial charge < -0.3 is 20.8 Å². The van der Waals surface area contributed by atoms with Gasteiger partial charge in [0.15, 0.2) is 9.84 Å². The van der Waals surface area contributed by atoms with E-state index in [4.69, 9.17) is 0 Å². The number of aliphatic carboxylic acids is 2. The van der Waals surface area contributed by atoms with Crippen LogP contribution in [0.3, 0.4) is 0 Å². The summed E-state index contributed by atoms with van der Waals surface area (Å²) in [6.07, 6.45) is 23.1. The Balaban J connectivity index is 0.991. The highest BCUT2D eigenvalue weighted by molar-refractivity contribution is 7.92. The molecule has 6 saturated carbocycles. The molecule has 11 heteroatoms. The maximum absolute atomic E-state index is 14.1. The molecule has 0 aromatic heterocycles. The zero-order valence-corrected chi connectivity index (χ0v) is 32.9. The van der Waals surface area contributed by atoms with E-state index in [2.05, 4.69) is 10.6 Å². The maximum Gasteiger partial charge on any atom is 0.307 e. The summed E-state index contributed by atoms with van der Waals surface area (Å²) >= 11 is 0. The number of rotatable bonds is 12. The van der Waals surface area contributed by atoms with Gasteiger partial charge in [-0.1, -0.05) is 77.0 Å². The number of carboxylic acid groups (broad SMARTS) is 2. The number of carboxylic acids is 2. The quantitative estimate of drug-likeness (QED) is 0.159. The van der Waals surface area contributed by atoms with E-state index in [0.29, 0.717) is 101 Å². The van der Waals surface area contributed by atoms with E-state index in [1.807, 2.05) is 0 Å². The van der Waals surface area contributed by atoms with Crippen LogP contribution in [0.1, 0.15) is 167 Å². The zero-order valence-electron chi connectivity index (χ0n) is 32.1. The lowest BCUT2D eigenvalue weighted by atomic mass is 9.69. The first-order chi connectivity index (χ1) is 25.5. The van der Waals surface area contributed by atoms with Gasteiger partial charge >= 0.3 is 11.9 Å². The summed E-state index contributed by atoms with van der Waals surface area (Å²) in [5.74, 6) is -2.78. The lowest BCUT2D eigenvalue weighted by Gasteiger charge is -2.38. The fourth-order valence-electron chi connectivity index (χ4n) is 11.9. The van der Waals surface area contributed by atoms with Crippen LogP contribution in [0.5, 0.6) is 0 Å². The number of hydrogen-bond acceptors (Lipinski definition) is 6. The number of amides is 2. The first-order valence-electron chi connectivity index (χ1n) is 21.8. The van der Waals surface area contributed by atoms with Crippen LogP contribution in [0.25, 0.3) is 0 Å². The molecule has 300 valence electrons. The first-order valence-corrected chi connectivity index (χ1v) is 23.4. The average Bonchev–Trinajstić information content (AvgIpc) is 3.15. The molecular weight excluding hydrogens is 693 g/mol. The van der Waals surface area contributed by atoms with E-state index >= 15 is 0 Å². The van der Waals surface area contributed by atoms with Gasteiger partial charge in [0.25, 0.3) is 0 Å². The summed E-state index contributed by atoms with van der Waals surface area (Å²) in [6.45, 7) is 0. The third-order valence-corrected chi connectivity index (χ3v) is 17.6. The lowest BCUT2D eigenvalue weighted by molar-refractivity contribution is -0.150. The number of hydrogen-bond donors (Lipinski definition) is 4. The molecule has 0 aromatic rings. The number of carbonyl (C=O) groups is 4. The van der Waals surface area contributed by atoms with Gasteiger partial charge in [-0.2, -0.15) is 0 Å². The first kappa shape index (κ1) is 40.5. The Morgan fingerprint density at radius 1 is 0.434 bits per heavy atom. The Morgan fingerprint density at radius 3 is 1.21 bits per heavy atom. The minimum absolute atomic E-state index is 0.236. The SMILES string of the molecule is O=C(O)C1CC(CC2CCCCC2)CCC1C(=O)NC1CCCC(S(=O)(=O)C2CCCC(NC(=O)C3CCC(CC4CCCCC4)CC3C(=O)O)C2)C1. The summed E-state index contributed by atoms with van der Waals surface area (Å²) in [4.78, 5) is 51.9. The molecule has 6 aliphatic rings. The van der Waals surface area contributed by atoms with E-state index in [0.717, 1.165) is 25.7 Å². The normalized spacial score (nSPS) is 36.6. The monoisotopic (exact) mass is 760 g/mol. The topological polar surface area (TPSA) is 167 Å². The molecule has 53 heavy (non-hydrogen) atoms. The Morgan fingerprint density at radius 2 is 0.830 bits per heavy atom. The Hall–Kier alpha value is -2.17. The van der Waals surface area contributed by atoms with Crippen molar-refractivity contribution in [2.24, 2.45) is 47.3 Å². The summed E-state index contributed by atoms with van der Waals surface area (Å²) in [5.41, 5.74) is 0. The van der Waals surface area contributed by atoms with Crippen LogP contribution in [0.4, 0.5) is 0 Å². The third-order valence-electron chi connectivity index (χ3n) is 14.9. The minimum Gasteiger partial charge on any atom is -0.481 e. The van der Waals surface area contributed by atoms with Crippen molar-refractivity contribution in [3.8, 4) is 0 Å². The zero-order chi connectivity index (χ0) is 37.5. The van der Waals surface area contributed by atoms with Crippen molar-refractivity contribution in [2.45, 2.75) is 190 Å². The Kier molecular flexibility index (Phi) is 14.2. The maximum atomic E-state index is 14.1. The van der Waals surface area contributed by atoms with Crippen LogP contribution in [0.2, 0.25) is 0 Å². The molecule has 0 radical (unpaired) electrons. The van der Waals surface area contributed by atoms with Crippen molar-refractivity contribution in [1.82, 2.24) is 10.6 Å². The molecule has 10 nitrogen and oxygen atoms in total. The fraction of sp³-hybridized carbons (Fsp3) is 0.905. The molecular formula is C42H68N2O8S. The van der Waals surface area contributed by atoms with Crippen molar-refractivity contribution in [2.75, 3.05) is 0 Å². The van der Waals surface area contributed by atoms with Gasteiger partial charge in [-0.15, -0.1) is 0 Å². The fourth-order valence-corrected chi connectivity index (χ4v) is 14.5. The van der Waals surface area contributed by atoms with Crippen LogP contribution in [0, 0.1) is 47.3 Å². The predicted molar refractivity (Wildman–Crippen MR) is 204 cm³/mol. The van der Waals surface area contributed by atoms with Crippen molar-refractivity contribution >= 4 is 33.6 Å². The molecule has 0 spiro atoms. The molecule has 10 unspecified atom stereocenters. The van der Waals surface area contributed by atoms with E-state index in [1.165, 1.54) is 64.2 Å². The number of nitrogens with one attached hydrogen (secondary N) is 2. The van der Waals surface area contributed by atoms with Crippen molar-refractivity contribution in [3.63, 3.8) is 0 Å². The highest BCUT2D eigenvalue weighted by Gasteiger charge is 2.45. The molecule has 6 aliphatic carbocycles. The molecule has 10 atom stereocenters. The van der Waals surface area contributed by atoms with Gasteiger partial charge in [-0.25, -0.2) is 8.42 Å². The molecule has 6 fully saturated rings. The highest BCUT2D eigenvalue weighted by Crippen LogP contribution is 2.42. The molecule has 6 rings (SSSR count). The molecule has 4 N–H and O–H groups in total. The minimum atomic E-state index is -3.55. The summed E-state index contributed by atoms with van der Waals surface area (Å²) in [5, 5.41) is 25.3. The summed E-state index contributed by atoms with van der Waals surface area (Å²) < 4.78 is 28.2. The van der Waals surface area contributed by atoms with Crippen LogP contribution in [-0.2, 0) is 29.0 Å². The summed E-state index contributed by atoms with van der Waals surface area (Å²) in [6, 6.07) is -0.601. The molecule has 0 heterocycles. The van der Waals surface area contributed by atoms with Gasteiger partial charge in [0, 0.05) is 12.1 Å². The predicted octanol–water partition coefficient (Wildman–Crippen LogP) is 7.43. The number of carbonyl (C=O) groups excluding carboxylic acids is 2. The van der Waals surface area contributed by atoms with Gasteiger partial charge in [0.2, 0.25) is 11.8 Å². The average molecular weight is 761 g/mol. The number of sulfone groups is 1. The van der Waals surface area contributed by atoms with Crippen molar-refractivity contribution in [3.05, 3.63) is 0 Å². The van der Waals surface area contributed by atoms with Crippen molar-refractivity contribution < 1.29 is 37.8 Å². The van der Waals surface area contributed by atoms with Crippen LogP contribution in [-0.4, -0.2) is 65.0 Å². The van der Waals surface area contributed by atoms with E-state index < -0.39 is 55.9 Å². The highest BCUT2D eigenvalue weighted by atomic mass is 32.2. The van der Waals surface area contributed by atoms with Gasteiger partial charge in [-0.05, 0) is 114 Å². The molecule has 0 aromatic carbocycles. The lowest BCUT2D eigenvalue weighted by Crippen LogP contribution is -2.50. The van der Waals surface area contributed by atoms with Gasteiger partial charge in [0.1, 0.15) is 0 Å². The summed E-state index contributed by atoms with van der Waals surface area (Å²) in [7, 11) is -3.55. The van der Waals surface area contributed by atoms with Gasteiger partial charge in [-0.3, -0.25) is 19.2 Å². The van der Waals surface area contributed by atoms with Crippen molar-refractivity contribution in [1.29, 1.82) is 0 Å². The second-order valence-electron chi connectivity index (χ2n) is 18.5. The smallest absolute Gasteiger partial charge is 0.307 e. The second kappa shape index (κ2) is 18.6. The Labute approximate surface area is 318 Å². The largest absolute Gasteiger partial charge is 0.481 e. The molecule has 0 bridgehead atoms. The molecule has 0 aliphatic heterocycles. The molecule has 0 saturated heterocycles. The molecule has 2 amide bonds. The van der Waals surface area contributed by atoms with E-state index in [9.17, 15) is 37.8 Å². The van der Waals surface area contributed by atoms with Crippen LogP contribution < -0.4 is 10.6 Å². The van der Waals surface area contributed by atoms with Gasteiger partial charge in [0.05, 0.1) is 34.2 Å². The van der Waals surface area contributed by atoms with E-state index in [1.54, 1.807) is 0 Å².